The van der Waals surface area contributed by atoms with Crippen LogP contribution in [-0.2, 0) is 4.79 Å². The maximum Gasteiger partial charge on any atom is 0.234 e. The molecule has 0 spiro atoms. The van der Waals surface area contributed by atoms with Gasteiger partial charge < -0.3 is 10.1 Å². The topological polar surface area (TPSA) is 80.1 Å². The van der Waals surface area contributed by atoms with E-state index in [0.29, 0.717) is 17.7 Å². The van der Waals surface area contributed by atoms with Crippen LogP contribution in [-0.4, -0.2) is 35.3 Å². The minimum atomic E-state index is -0.163. The molecule has 0 saturated carbocycles. The predicted octanol–water partition coefficient (Wildman–Crippen LogP) is 5.82. The van der Waals surface area contributed by atoms with E-state index in [0.717, 1.165) is 33.4 Å². The minimum Gasteiger partial charge on any atom is -0.497 e. The number of nitrogens with one attached hydrogen (secondary N) is 1. The maximum absolute atomic E-state index is 12.6. The Bertz CT molecular complexity index is 1250. The van der Waals surface area contributed by atoms with Gasteiger partial charge in [-0.25, -0.2) is 4.99 Å². The van der Waals surface area contributed by atoms with Crippen molar-refractivity contribution in [1.29, 1.82) is 0 Å². The summed E-state index contributed by atoms with van der Waals surface area (Å²) in [6.45, 7) is 1.50. The number of carbonyl (C=O) groups excluding carboxylic acids is 2. The number of carbonyl (C=O) groups is 2. The number of ether oxygens (including phenoxy) is 1. The normalized spacial score (nSPS) is 12.7. The lowest BCUT2D eigenvalue weighted by Gasteiger charge is -2.09. The number of fused-ring (bicyclic) bond motifs is 1. The van der Waals surface area contributed by atoms with E-state index in [9.17, 15) is 9.59 Å². The fourth-order valence-electron chi connectivity index (χ4n) is 3.35. The third-order valence-electron chi connectivity index (χ3n) is 5.05. The molecular weight excluding hydrogens is 434 g/mol. The Morgan fingerprint density at radius 2 is 1.70 bits per heavy atom. The molecule has 0 radical (unpaired) electrons. The van der Waals surface area contributed by atoms with Gasteiger partial charge in [0, 0.05) is 17.7 Å². The Morgan fingerprint density at radius 3 is 2.39 bits per heavy atom. The highest BCUT2D eigenvalue weighted by Gasteiger charge is 2.17. The fraction of sp³-hybridized carbons (Fsp3) is 0.154. The van der Waals surface area contributed by atoms with Gasteiger partial charge in [-0.15, -0.1) is 11.8 Å². The van der Waals surface area contributed by atoms with Gasteiger partial charge in [0.05, 0.1) is 35.0 Å². The molecule has 0 fully saturated rings. The lowest BCUT2D eigenvalue weighted by molar-refractivity contribution is -0.113. The molecule has 166 valence electrons. The Balaban J connectivity index is 1.50. The largest absolute Gasteiger partial charge is 0.497 e. The number of hydrogen-bond donors (Lipinski definition) is 1. The molecule has 1 aliphatic rings. The average Bonchev–Trinajstić information content (AvgIpc) is 3.02. The van der Waals surface area contributed by atoms with Crippen molar-refractivity contribution in [1.82, 2.24) is 0 Å². The van der Waals surface area contributed by atoms with Crippen molar-refractivity contribution in [3.63, 3.8) is 0 Å². The summed E-state index contributed by atoms with van der Waals surface area (Å²) in [5.74, 6) is 0.768. The van der Waals surface area contributed by atoms with Crippen molar-refractivity contribution in [3.8, 4) is 5.75 Å². The zero-order chi connectivity index (χ0) is 23.2. The van der Waals surface area contributed by atoms with Crippen LogP contribution in [0.2, 0.25) is 0 Å². The molecule has 0 aliphatic carbocycles. The average molecular weight is 458 g/mol. The number of amides is 1. The Hall–Kier alpha value is -3.71. The standard InChI is InChI=1S/C26H23N3O3S/c1-17(30)19-6-5-7-20(14-19)27-25(31)16-33-26-15-24(18-10-12-21(32-2)13-11-18)28-22-8-3-4-9-23(22)29-26/h3-14H,15-16H2,1-2H3,(H,27,31). The van der Waals surface area contributed by atoms with Crippen molar-refractivity contribution >= 4 is 51.3 Å². The molecule has 1 amide bonds. The molecule has 0 saturated heterocycles. The Kier molecular flexibility index (Phi) is 7.00. The number of rotatable bonds is 6. The van der Waals surface area contributed by atoms with Gasteiger partial charge in [0.25, 0.3) is 0 Å². The Labute approximate surface area is 196 Å². The second-order valence-corrected chi connectivity index (χ2v) is 8.48. The van der Waals surface area contributed by atoms with Gasteiger partial charge in [0.15, 0.2) is 5.78 Å². The Morgan fingerprint density at radius 1 is 0.970 bits per heavy atom. The molecule has 4 rings (SSSR count). The number of methoxy groups -OCH3 is 1. The second-order valence-electron chi connectivity index (χ2n) is 7.43. The van der Waals surface area contributed by atoms with E-state index in [1.54, 1.807) is 31.4 Å². The van der Waals surface area contributed by atoms with Crippen LogP contribution >= 0.6 is 11.8 Å². The highest BCUT2D eigenvalue weighted by Crippen LogP contribution is 2.33. The van der Waals surface area contributed by atoms with E-state index >= 15 is 0 Å². The van der Waals surface area contributed by atoms with Crippen molar-refractivity contribution < 1.29 is 14.3 Å². The first-order valence-corrected chi connectivity index (χ1v) is 11.4. The lowest BCUT2D eigenvalue weighted by atomic mass is 10.1. The van der Waals surface area contributed by atoms with Gasteiger partial charge in [-0.1, -0.05) is 24.3 Å². The van der Waals surface area contributed by atoms with E-state index in [1.807, 2.05) is 48.5 Å². The SMILES string of the molecule is COc1ccc(C2=Nc3ccccc3N=C(SCC(=O)Nc3cccc(C(C)=O)c3)C2)cc1. The van der Waals surface area contributed by atoms with Crippen LogP contribution in [0.15, 0.2) is 82.8 Å². The van der Waals surface area contributed by atoms with Gasteiger partial charge in [0.2, 0.25) is 5.91 Å². The number of benzene rings is 3. The third-order valence-corrected chi connectivity index (χ3v) is 6.02. The molecule has 3 aromatic rings. The minimum absolute atomic E-state index is 0.0442. The first-order valence-electron chi connectivity index (χ1n) is 10.4. The van der Waals surface area contributed by atoms with Crippen LogP contribution in [0.25, 0.3) is 0 Å². The summed E-state index contributed by atoms with van der Waals surface area (Å²) in [4.78, 5) is 33.8. The summed E-state index contributed by atoms with van der Waals surface area (Å²) in [5.41, 5.74) is 4.59. The van der Waals surface area contributed by atoms with Crippen LogP contribution < -0.4 is 10.1 Å². The van der Waals surface area contributed by atoms with E-state index < -0.39 is 0 Å². The summed E-state index contributed by atoms with van der Waals surface area (Å²) in [6.07, 6.45) is 0.513. The van der Waals surface area contributed by atoms with Crippen LogP contribution in [0.1, 0.15) is 29.3 Å². The van der Waals surface area contributed by atoms with Gasteiger partial charge in [-0.3, -0.25) is 14.6 Å². The second kappa shape index (κ2) is 10.3. The summed E-state index contributed by atoms with van der Waals surface area (Å²) in [5, 5.41) is 3.66. The molecule has 6 nitrogen and oxygen atoms in total. The van der Waals surface area contributed by atoms with Gasteiger partial charge in [-0.05, 0) is 61.0 Å². The smallest absolute Gasteiger partial charge is 0.234 e. The zero-order valence-corrected chi connectivity index (χ0v) is 19.2. The molecule has 0 unspecified atom stereocenters. The van der Waals surface area contributed by atoms with E-state index in [-0.39, 0.29) is 17.4 Å². The van der Waals surface area contributed by atoms with Crippen LogP contribution in [0.3, 0.4) is 0 Å². The monoisotopic (exact) mass is 457 g/mol. The first kappa shape index (κ1) is 22.5. The molecule has 0 atom stereocenters. The molecule has 33 heavy (non-hydrogen) atoms. The van der Waals surface area contributed by atoms with Crippen LogP contribution in [0, 0.1) is 0 Å². The van der Waals surface area contributed by atoms with Crippen LogP contribution in [0.5, 0.6) is 5.75 Å². The first-order chi connectivity index (χ1) is 16.0. The van der Waals surface area contributed by atoms with Gasteiger partial charge in [0.1, 0.15) is 5.75 Å². The highest BCUT2D eigenvalue weighted by molar-refractivity contribution is 8.14. The lowest BCUT2D eigenvalue weighted by Crippen LogP contribution is -2.16. The number of nitrogens with zero attached hydrogens (tertiary/aromatic N) is 2. The van der Waals surface area contributed by atoms with Gasteiger partial charge in [-0.2, -0.15) is 0 Å². The molecule has 0 bridgehead atoms. The molecule has 1 N–H and O–H groups in total. The summed E-state index contributed by atoms with van der Waals surface area (Å²) in [7, 11) is 1.64. The summed E-state index contributed by atoms with van der Waals surface area (Å²) in [6, 6.07) is 22.4. The molecule has 7 heteroatoms. The van der Waals surface area contributed by atoms with Crippen molar-refractivity contribution in [2.24, 2.45) is 9.98 Å². The number of anilines is 1. The van der Waals surface area contributed by atoms with Gasteiger partial charge >= 0.3 is 0 Å². The number of para-hydroxylation sites is 2. The predicted molar refractivity (Wildman–Crippen MR) is 135 cm³/mol. The fourth-order valence-corrected chi connectivity index (χ4v) is 4.12. The van der Waals surface area contributed by atoms with Crippen molar-refractivity contribution in [2.75, 3.05) is 18.2 Å². The van der Waals surface area contributed by atoms with E-state index in [2.05, 4.69) is 5.32 Å². The van der Waals surface area contributed by atoms with Crippen molar-refractivity contribution in [3.05, 3.63) is 83.9 Å². The molecule has 1 heterocycles. The summed E-state index contributed by atoms with van der Waals surface area (Å²) >= 11 is 1.38. The quantitative estimate of drug-likeness (QED) is 0.473. The van der Waals surface area contributed by atoms with E-state index in [1.165, 1.54) is 18.7 Å². The number of thioether (sulfide) groups is 1. The summed E-state index contributed by atoms with van der Waals surface area (Å²) < 4.78 is 5.26. The highest BCUT2D eigenvalue weighted by atomic mass is 32.2. The maximum atomic E-state index is 12.6. The molecular formula is C26H23N3O3S. The molecule has 1 aliphatic heterocycles. The van der Waals surface area contributed by atoms with Crippen LogP contribution in [0.4, 0.5) is 17.1 Å². The zero-order valence-electron chi connectivity index (χ0n) is 18.4. The van der Waals surface area contributed by atoms with Crippen molar-refractivity contribution in [2.45, 2.75) is 13.3 Å². The number of aliphatic imine (C=N–C) groups is 2. The van der Waals surface area contributed by atoms with E-state index in [4.69, 9.17) is 14.7 Å². The third kappa shape index (κ3) is 5.75. The molecule has 3 aromatic carbocycles. The number of Topliss-reactive ketones (excluding diaryl/α,β-unsaturated/α-hetero) is 1. The molecule has 0 aromatic heterocycles. The number of hydrogen-bond acceptors (Lipinski definition) is 6. The number of ketones is 1.